The van der Waals surface area contributed by atoms with E-state index in [-0.39, 0.29) is 6.10 Å². The molecular weight excluding hydrogens is 326 g/mol. The van der Waals surface area contributed by atoms with E-state index in [2.05, 4.69) is 40.4 Å². The largest absolute Gasteiger partial charge is 0.447 e. The molecule has 26 heavy (non-hydrogen) atoms. The fourth-order valence-electron chi connectivity index (χ4n) is 2.57. The Morgan fingerprint density at radius 1 is 1.19 bits per heavy atom. The van der Waals surface area contributed by atoms with Gasteiger partial charge in [-0.15, -0.1) is 0 Å². The molecular formula is C21H25N3O2. The summed E-state index contributed by atoms with van der Waals surface area (Å²) in [6.45, 7) is 9.32. The molecule has 136 valence electrons. The number of carbonyl (C=O) groups is 1. The van der Waals surface area contributed by atoms with E-state index in [1.807, 2.05) is 38.2 Å². The van der Waals surface area contributed by atoms with Gasteiger partial charge < -0.3 is 10.1 Å². The zero-order valence-corrected chi connectivity index (χ0v) is 15.7. The second-order valence-corrected chi connectivity index (χ2v) is 6.03. The monoisotopic (exact) mass is 351 g/mol. The lowest BCUT2D eigenvalue weighted by Gasteiger charge is -2.15. The van der Waals surface area contributed by atoms with Crippen LogP contribution < -0.4 is 10.6 Å². The van der Waals surface area contributed by atoms with Crippen LogP contribution in [0, 0.1) is 6.92 Å². The van der Waals surface area contributed by atoms with Crippen LogP contribution in [0.25, 0.3) is 11.1 Å². The van der Waals surface area contributed by atoms with Crippen molar-refractivity contribution in [3.63, 3.8) is 0 Å². The fraction of sp³-hybridized carbons (Fsp3) is 0.238. The minimum atomic E-state index is -0.554. The zero-order valence-electron chi connectivity index (χ0n) is 15.7. The van der Waals surface area contributed by atoms with Gasteiger partial charge in [-0.2, -0.15) is 0 Å². The second kappa shape index (κ2) is 8.85. The highest BCUT2D eigenvalue weighted by molar-refractivity contribution is 6.04. The molecule has 0 saturated heterocycles. The lowest BCUT2D eigenvalue weighted by molar-refractivity contribution is 0.120. The molecule has 5 nitrogen and oxygen atoms in total. The van der Waals surface area contributed by atoms with Crippen molar-refractivity contribution in [3.8, 4) is 11.1 Å². The Hall–Kier alpha value is -3.08. The Morgan fingerprint density at radius 3 is 2.46 bits per heavy atom. The molecule has 5 heteroatoms. The Balaban J connectivity index is 2.46. The number of hydrogen-bond donors (Lipinski definition) is 2. The lowest BCUT2D eigenvalue weighted by atomic mass is 9.98. The van der Waals surface area contributed by atoms with Crippen LogP contribution in [-0.2, 0) is 4.74 Å². The molecule has 0 aliphatic carbocycles. The van der Waals surface area contributed by atoms with Gasteiger partial charge in [0.15, 0.2) is 0 Å². The smallest absolute Gasteiger partial charge is 0.413 e. The summed E-state index contributed by atoms with van der Waals surface area (Å²) in [4.78, 5) is 16.5. The number of benzene rings is 2. The standard InChI is InChI=1S/C21H25N3O2/c1-6-19(24-21(25)26-14(2)3)23-20-15(4)17(12-13-18(20)22-5)16-10-8-7-9-11-16/h6-14,22H,1H2,2-5H3,(H,23,24,25). The maximum atomic E-state index is 11.9. The number of amides is 1. The molecule has 2 rings (SSSR count). The van der Waals surface area contributed by atoms with Crippen molar-refractivity contribution in [1.82, 2.24) is 5.32 Å². The molecule has 1 amide bonds. The Bertz CT molecular complexity index is 812. The molecule has 0 aromatic heterocycles. The maximum Gasteiger partial charge on any atom is 0.413 e. The first-order valence-corrected chi connectivity index (χ1v) is 8.51. The van der Waals surface area contributed by atoms with E-state index in [1.165, 1.54) is 6.08 Å². The van der Waals surface area contributed by atoms with E-state index in [9.17, 15) is 4.79 Å². The number of aliphatic imine (C=N–C) groups is 1. The number of carbonyl (C=O) groups excluding carboxylic acids is 1. The molecule has 0 unspecified atom stereocenters. The van der Waals surface area contributed by atoms with E-state index in [0.29, 0.717) is 5.84 Å². The third kappa shape index (κ3) is 4.72. The average molecular weight is 351 g/mol. The molecule has 2 aromatic carbocycles. The molecule has 0 aliphatic rings. The predicted octanol–water partition coefficient (Wildman–Crippen LogP) is 5.05. The van der Waals surface area contributed by atoms with Gasteiger partial charge in [-0.05, 0) is 49.6 Å². The van der Waals surface area contributed by atoms with E-state index < -0.39 is 6.09 Å². The number of alkyl carbamates (subject to hydrolysis) is 1. The van der Waals surface area contributed by atoms with Gasteiger partial charge in [-0.3, -0.25) is 5.32 Å². The normalized spacial score (nSPS) is 11.2. The lowest BCUT2D eigenvalue weighted by Crippen LogP contribution is -2.31. The van der Waals surface area contributed by atoms with Crippen LogP contribution in [0.2, 0.25) is 0 Å². The van der Waals surface area contributed by atoms with Crippen LogP contribution in [0.5, 0.6) is 0 Å². The third-order valence-electron chi connectivity index (χ3n) is 3.78. The van der Waals surface area contributed by atoms with Crippen molar-refractivity contribution >= 4 is 23.3 Å². The molecule has 0 radical (unpaired) electrons. The Kier molecular flexibility index (Phi) is 6.55. The highest BCUT2D eigenvalue weighted by atomic mass is 16.6. The number of nitrogens with one attached hydrogen (secondary N) is 2. The Labute approximate surface area is 154 Å². The van der Waals surface area contributed by atoms with Gasteiger partial charge in [-0.1, -0.05) is 43.0 Å². The molecule has 0 bridgehead atoms. The number of rotatable bonds is 5. The molecule has 2 N–H and O–H groups in total. The molecule has 0 heterocycles. The first-order chi connectivity index (χ1) is 12.5. The molecule has 0 saturated carbocycles. The van der Waals surface area contributed by atoms with Crippen LogP contribution in [0.15, 0.2) is 60.1 Å². The highest BCUT2D eigenvalue weighted by Gasteiger charge is 2.12. The average Bonchev–Trinajstić information content (AvgIpc) is 2.62. The number of hydrogen-bond acceptors (Lipinski definition) is 4. The summed E-state index contributed by atoms with van der Waals surface area (Å²) in [7, 11) is 1.84. The zero-order chi connectivity index (χ0) is 19.1. The predicted molar refractivity (Wildman–Crippen MR) is 108 cm³/mol. The van der Waals surface area contributed by atoms with Crippen molar-refractivity contribution in [2.24, 2.45) is 4.99 Å². The molecule has 2 aromatic rings. The topological polar surface area (TPSA) is 62.7 Å². The summed E-state index contributed by atoms with van der Waals surface area (Å²) in [5.74, 6) is 0.334. The van der Waals surface area contributed by atoms with Gasteiger partial charge in [0, 0.05) is 7.05 Å². The van der Waals surface area contributed by atoms with Gasteiger partial charge in [0.25, 0.3) is 0 Å². The highest BCUT2D eigenvalue weighted by Crippen LogP contribution is 2.36. The fourth-order valence-corrected chi connectivity index (χ4v) is 2.57. The summed E-state index contributed by atoms with van der Waals surface area (Å²) in [6, 6.07) is 14.1. The van der Waals surface area contributed by atoms with Crippen molar-refractivity contribution in [1.29, 1.82) is 0 Å². The molecule has 0 fully saturated rings. The van der Waals surface area contributed by atoms with Crippen molar-refractivity contribution in [2.75, 3.05) is 12.4 Å². The Morgan fingerprint density at radius 2 is 1.88 bits per heavy atom. The summed E-state index contributed by atoms with van der Waals surface area (Å²) < 4.78 is 5.11. The van der Waals surface area contributed by atoms with Crippen LogP contribution >= 0.6 is 0 Å². The quantitative estimate of drug-likeness (QED) is 0.585. The van der Waals surface area contributed by atoms with Gasteiger partial charge in [0.05, 0.1) is 17.5 Å². The summed E-state index contributed by atoms with van der Waals surface area (Å²) in [6.07, 6.45) is 0.731. The van der Waals surface area contributed by atoms with E-state index in [4.69, 9.17) is 4.74 Å². The van der Waals surface area contributed by atoms with Gasteiger partial charge >= 0.3 is 6.09 Å². The van der Waals surface area contributed by atoms with Crippen molar-refractivity contribution in [3.05, 3.63) is 60.7 Å². The minimum Gasteiger partial charge on any atom is -0.447 e. The summed E-state index contributed by atoms with van der Waals surface area (Å²) >= 11 is 0. The van der Waals surface area contributed by atoms with Gasteiger partial charge in [0.2, 0.25) is 0 Å². The van der Waals surface area contributed by atoms with Crippen molar-refractivity contribution in [2.45, 2.75) is 26.9 Å². The van der Waals surface area contributed by atoms with E-state index in [1.54, 1.807) is 13.8 Å². The number of amidine groups is 1. The first kappa shape index (κ1) is 19.2. The second-order valence-electron chi connectivity index (χ2n) is 6.03. The van der Waals surface area contributed by atoms with Crippen LogP contribution in [-0.4, -0.2) is 25.1 Å². The van der Waals surface area contributed by atoms with Crippen LogP contribution in [0.4, 0.5) is 16.2 Å². The molecule has 0 atom stereocenters. The SMILES string of the molecule is C=C/C(=N\c1c(NC)ccc(-c2ccccc2)c1C)NC(=O)OC(C)C. The maximum absolute atomic E-state index is 11.9. The minimum absolute atomic E-state index is 0.211. The van der Waals surface area contributed by atoms with Gasteiger partial charge in [0.1, 0.15) is 5.84 Å². The molecule has 0 spiro atoms. The summed E-state index contributed by atoms with van der Waals surface area (Å²) in [5, 5.41) is 5.77. The molecule has 0 aliphatic heterocycles. The third-order valence-corrected chi connectivity index (χ3v) is 3.78. The first-order valence-electron chi connectivity index (χ1n) is 8.51. The summed E-state index contributed by atoms with van der Waals surface area (Å²) in [5.41, 5.74) is 4.79. The van der Waals surface area contributed by atoms with Crippen LogP contribution in [0.1, 0.15) is 19.4 Å². The van der Waals surface area contributed by atoms with Crippen LogP contribution in [0.3, 0.4) is 0 Å². The number of anilines is 1. The van der Waals surface area contributed by atoms with Crippen molar-refractivity contribution < 1.29 is 9.53 Å². The van der Waals surface area contributed by atoms with E-state index in [0.717, 1.165) is 28.1 Å². The number of nitrogens with zero attached hydrogens (tertiary/aromatic N) is 1. The number of ether oxygens (including phenoxy) is 1. The van der Waals surface area contributed by atoms with E-state index >= 15 is 0 Å². The van der Waals surface area contributed by atoms with Gasteiger partial charge in [-0.25, -0.2) is 9.79 Å².